The van der Waals surface area contributed by atoms with Crippen molar-refractivity contribution < 1.29 is 9.18 Å². The summed E-state index contributed by atoms with van der Waals surface area (Å²) in [5, 5.41) is 3.72. The molecule has 0 atom stereocenters. The van der Waals surface area contributed by atoms with Crippen LogP contribution in [0.3, 0.4) is 0 Å². The minimum Gasteiger partial charge on any atom is -0.351 e. The molecule has 0 unspecified atom stereocenters. The van der Waals surface area contributed by atoms with E-state index in [1.54, 1.807) is 29.5 Å². The molecule has 0 bridgehead atoms. The molecule has 4 nitrogen and oxygen atoms in total. The Morgan fingerprint density at radius 3 is 2.75 bits per heavy atom. The maximum atomic E-state index is 13.5. The van der Waals surface area contributed by atoms with Gasteiger partial charge in [0.1, 0.15) is 10.8 Å². The lowest BCUT2D eigenvalue weighted by atomic mass is 10.2. The first kappa shape index (κ1) is 16.5. The summed E-state index contributed by atoms with van der Waals surface area (Å²) >= 11 is 1.63. The van der Waals surface area contributed by atoms with Crippen molar-refractivity contribution in [3.05, 3.63) is 64.9 Å². The van der Waals surface area contributed by atoms with Crippen LogP contribution >= 0.6 is 11.3 Å². The molecule has 124 valence electrons. The number of likely N-dealkylation sites (N-methyl/N-ethyl adjacent to an activating group) is 1. The number of nitrogens with one attached hydrogen (secondary N) is 1. The highest BCUT2D eigenvalue weighted by molar-refractivity contribution is 7.18. The van der Waals surface area contributed by atoms with Crippen molar-refractivity contribution in [1.29, 1.82) is 0 Å². The summed E-state index contributed by atoms with van der Waals surface area (Å²) in [5.74, 6) is -0.442. The number of carbonyl (C=O) groups excluding carboxylic acids is 1. The Hall–Kier alpha value is -2.31. The molecule has 0 fully saturated rings. The van der Waals surface area contributed by atoms with Crippen LogP contribution in [0.5, 0.6) is 0 Å². The maximum Gasteiger partial charge on any atom is 0.234 e. The van der Waals surface area contributed by atoms with E-state index < -0.39 is 0 Å². The first-order valence-electron chi connectivity index (χ1n) is 7.65. The Kier molecular flexibility index (Phi) is 5.17. The number of hydrogen-bond acceptors (Lipinski definition) is 4. The zero-order chi connectivity index (χ0) is 16.9. The Balaban J connectivity index is 1.51. The molecule has 0 saturated carbocycles. The van der Waals surface area contributed by atoms with E-state index in [0.29, 0.717) is 12.1 Å². The minimum atomic E-state index is -0.305. The highest BCUT2D eigenvalue weighted by Gasteiger charge is 2.11. The van der Waals surface area contributed by atoms with Crippen LogP contribution in [0.25, 0.3) is 10.2 Å². The third-order valence-corrected chi connectivity index (χ3v) is 4.61. The average Bonchev–Trinajstić information content (AvgIpc) is 2.96. The number of fused-ring (bicyclic) bond motifs is 1. The molecule has 1 heterocycles. The molecule has 0 saturated heterocycles. The molecule has 0 aliphatic carbocycles. The van der Waals surface area contributed by atoms with Crippen molar-refractivity contribution in [1.82, 2.24) is 15.2 Å². The molecule has 1 aromatic heterocycles. The van der Waals surface area contributed by atoms with Gasteiger partial charge in [0, 0.05) is 12.1 Å². The summed E-state index contributed by atoms with van der Waals surface area (Å²) < 4.78 is 14.7. The minimum absolute atomic E-state index is 0.137. The topological polar surface area (TPSA) is 45.2 Å². The van der Waals surface area contributed by atoms with Crippen LogP contribution in [0.1, 0.15) is 10.6 Å². The molecule has 2 aromatic carbocycles. The predicted octanol–water partition coefficient (Wildman–Crippen LogP) is 3.18. The average molecular weight is 343 g/mol. The van der Waals surface area contributed by atoms with Gasteiger partial charge in [-0.3, -0.25) is 9.69 Å². The number of rotatable bonds is 6. The van der Waals surface area contributed by atoms with E-state index in [-0.39, 0.29) is 24.8 Å². The summed E-state index contributed by atoms with van der Waals surface area (Å²) in [6.45, 7) is 1.04. The van der Waals surface area contributed by atoms with Gasteiger partial charge in [0.2, 0.25) is 5.91 Å². The lowest BCUT2D eigenvalue weighted by Gasteiger charge is -2.14. The van der Waals surface area contributed by atoms with E-state index >= 15 is 0 Å². The molecule has 24 heavy (non-hydrogen) atoms. The van der Waals surface area contributed by atoms with Gasteiger partial charge in [-0.05, 0) is 25.2 Å². The fraction of sp³-hybridized carbons (Fsp3) is 0.222. The number of carbonyl (C=O) groups is 1. The fourth-order valence-corrected chi connectivity index (χ4v) is 3.46. The third kappa shape index (κ3) is 4.15. The van der Waals surface area contributed by atoms with Crippen molar-refractivity contribution in [3.8, 4) is 0 Å². The monoisotopic (exact) mass is 343 g/mol. The molecule has 1 amide bonds. The van der Waals surface area contributed by atoms with Gasteiger partial charge in [0.05, 0.1) is 23.3 Å². The SMILES string of the molecule is CN(CC(=O)NCc1ccccc1F)Cc1nc2ccccc2s1. The molecule has 0 aliphatic rings. The van der Waals surface area contributed by atoms with E-state index in [4.69, 9.17) is 0 Å². The van der Waals surface area contributed by atoms with Crippen molar-refractivity contribution in [2.24, 2.45) is 0 Å². The number of thiazole rings is 1. The summed E-state index contributed by atoms with van der Waals surface area (Å²) in [6, 6.07) is 14.4. The second-order valence-electron chi connectivity index (χ2n) is 5.62. The van der Waals surface area contributed by atoms with Gasteiger partial charge >= 0.3 is 0 Å². The molecule has 1 N–H and O–H groups in total. The Morgan fingerprint density at radius 1 is 1.21 bits per heavy atom. The summed E-state index contributed by atoms with van der Waals surface area (Å²) in [4.78, 5) is 18.5. The Bertz CT molecular complexity index is 816. The van der Waals surface area contributed by atoms with Crippen LogP contribution < -0.4 is 5.32 Å². The first-order valence-corrected chi connectivity index (χ1v) is 8.46. The van der Waals surface area contributed by atoms with Crippen LogP contribution in [0.2, 0.25) is 0 Å². The standard InChI is InChI=1S/C18H18FN3OS/c1-22(12-18-21-15-8-4-5-9-16(15)24-18)11-17(23)20-10-13-6-2-3-7-14(13)19/h2-9H,10-12H2,1H3,(H,20,23). The van der Waals surface area contributed by atoms with Crippen molar-refractivity contribution in [2.45, 2.75) is 13.1 Å². The number of hydrogen-bond donors (Lipinski definition) is 1. The van der Waals surface area contributed by atoms with Crippen LogP contribution in [0.15, 0.2) is 48.5 Å². The number of nitrogens with zero attached hydrogens (tertiary/aromatic N) is 2. The fourth-order valence-electron chi connectivity index (χ4n) is 2.41. The highest BCUT2D eigenvalue weighted by Crippen LogP contribution is 2.22. The molecule has 0 radical (unpaired) electrons. The second kappa shape index (κ2) is 7.51. The molecular formula is C18H18FN3OS. The largest absolute Gasteiger partial charge is 0.351 e. The van der Waals surface area contributed by atoms with Gasteiger partial charge < -0.3 is 5.32 Å². The molecule has 0 spiro atoms. The zero-order valence-corrected chi connectivity index (χ0v) is 14.1. The predicted molar refractivity (Wildman–Crippen MR) is 94.2 cm³/mol. The first-order chi connectivity index (χ1) is 11.6. The van der Waals surface area contributed by atoms with Gasteiger partial charge in [-0.2, -0.15) is 0 Å². The number of para-hydroxylation sites is 1. The van der Waals surface area contributed by atoms with E-state index in [1.807, 2.05) is 36.2 Å². The lowest BCUT2D eigenvalue weighted by molar-refractivity contribution is -0.122. The van der Waals surface area contributed by atoms with Gasteiger partial charge in [-0.15, -0.1) is 11.3 Å². The smallest absolute Gasteiger partial charge is 0.234 e. The zero-order valence-electron chi connectivity index (χ0n) is 13.3. The Labute approximate surface area is 143 Å². The van der Waals surface area contributed by atoms with Crippen LogP contribution in [0.4, 0.5) is 4.39 Å². The van der Waals surface area contributed by atoms with Crippen LogP contribution in [-0.4, -0.2) is 29.4 Å². The number of aromatic nitrogens is 1. The highest BCUT2D eigenvalue weighted by atomic mass is 32.1. The van der Waals surface area contributed by atoms with Gasteiger partial charge in [0.25, 0.3) is 0 Å². The van der Waals surface area contributed by atoms with Gasteiger partial charge in [-0.25, -0.2) is 9.37 Å². The summed E-state index contributed by atoms with van der Waals surface area (Å²) in [7, 11) is 1.87. The lowest BCUT2D eigenvalue weighted by Crippen LogP contribution is -2.34. The van der Waals surface area contributed by atoms with Crippen LogP contribution in [-0.2, 0) is 17.9 Å². The number of halogens is 1. The number of benzene rings is 2. The van der Waals surface area contributed by atoms with E-state index in [9.17, 15) is 9.18 Å². The van der Waals surface area contributed by atoms with E-state index in [1.165, 1.54) is 6.07 Å². The molecule has 6 heteroatoms. The van der Waals surface area contributed by atoms with Crippen LogP contribution in [0, 0.1) is 5.82 Å². The van der Waals surface area contributed by atoms with Crippen molar-refractivity contribution in [3.63, 3.8) is 0 Å². The summed E-state index contributed by atoms with van der Waals surface area (Å²) in [6.07, 6.45) is 0. The van der Waals surface area contributed by atoms with E-state index in [2.05, 4.69) is 10.3 Å². The van der Waals surface area contributed by atoms with Gasteiger partial charge in [-0.1, -0.05) is 30.3 Å². The number of amides is 1. The Morgan fingerprint density at radius 2 is 1.96 bits per heavy atom. The molecule has 3 rings (SSSR count). The molecule has 3 aromatic rings. The molecular weight excluding hydrogens is 325 g/mol. The van der Waals surface area contributed by atoms with Crippen molar-refractivity contribution >= 4 is 27.5 Å². The quantitative estimate of drug-likeness (QED) is 0.748. The third-order valence-electron chi connectivity index (χ3n) is 3.59. The van der Waals surface area contributed by atoms with Gasteiger partial charge in [0.15, 0.2) is 0 Å². The molecule has 0 aliphatic heterocycles. The van der Waals surface area contributed by atoms with Crippen molar-refractivity contribution in [2.75, 3.05) is 13.6 Å². The summed E-state index contributed by atoms with van der Waals surface area (Å²) in [5.41, 5.74) is 1.47. The normalized spacial score (nSPS) is 11.1. The van der Waals surface area contributed by atoms with E-state index in [0.717, 1.165) is 15.2 Å². The maximum absolute atomic E-state index is 13.5. The second-order valence-corrected chi connectivity index (χ2v) is 6.73.